The molecular weight excluding hydrogens is 444 g/mol. The number of rotatable bonds is 4. The molecule has 1 aliphatic heterocycles. The predicted molar refractivity (Wildman–Crippen MR) is 113 cm³/mol. The fourth-order valence-electron chi connectivity index (χ4n) is 3.76. The topological polar surface area (TPSA) is 49.4 Å². The Labute approximate surface area is 182 Å². The highest BCUT2D eigenvalue weighted by molar-refractivity contribution is 7.90. The summed E-state index contributed by atoms with van der Waals surface area (Å²) in [7, 11) is -3.51. The average Bonchev–Trinajstić information content (AvgIpc) is 3.17. The van der Waals surface area contributed by atoms with Crippen LogP contribution in [0.25, 0.3) is 0 Å². The molecular formula is C23H18F4N2O2S. The highest BCUT2D eigenvalue weighted by Crippen LogP contribution is 2.46. The summed E-state index contributed by atoms with van der Waals surface area (Å²) in [5.41, 5.74) is 1.09. The number of para-hydroxylation sites is 1. The minimum Gasteiger partial charge on any atom is -0.293 e. The van der Waals surface area contributed by atoms with Gasteiger partial charge in [-0.25, -0.2) is 12.8 Å². The predicted octanol–water partition coefficient (Wildman–Crippen LogP) is 4.94. The molecule has 0 aliphatic carbocycles. The number of nitrogens with zero attached hydrogens (tertiary/aromatic N) is 1. The molecule has 1 atom stereocenters. The summed E-state index contributed by atoms with van der Waals surface area (Å²) in [6.07, 6.45) is -2.60. The van der Waals surface area contributed by atoms with Crippen molar-refractivity contribution < 1.29 is 26.0 Å². The Kier molecular flexibility index (Phi) is 5.24. The van der Waals surface area contributed by atoms with E-state index in [1.54, 1.807) is 30.3 Å². The first kappa shape index (κ1) is 21.9. The Morgan fingerprint density at radius 1 is 0.844 bits per heavy atom. The normalized spacial score (nSPS) is 18.9. The first-order valence-electron chi connectivity index (χ1n) is 9.50. The summed E-state index contributed by atoms with van der Waals surface area (Å²) in [6.45, 7) is 0. The van der Waals surface area contributed by atoms with E-state index in [0.29, 0.717) is 16.8 Å². The number of hydrogen-bond donors (Lipinski definition) is 1. The quantitative estimate of drug-likeness (QED) is 0.558. The number of nitrogens with one attached hydrogen (secondary N) is 1. The Morgan fingerprint density at radius 2 is 1.38 bits per heavy atom. The lowest BCUT2D eigenvalue weighted by Crippen LogP contribution is -2.49. The van der Waals surface area contributed by atoms with Crippen molar-refractivity contribution in [3.63, 3.8) is 0 Å². The smallest absolute Gasteiger partial charge is 0.293 e. The van der Waals surface area contributed by atoms with Crippen molar-refractivity contribution in [1.82, 2.24) is 5.43 Å². The molecule has 0 bridgehead atoms. The zero-order valence-corrected chi connectivity index (χ0v) is 17.6. The van der Waals surface area contributed by atoms with Crippen LogP contribution in [0.4, 0.5) is 23.2 Å². The van der Waals surface area contributed by atoms with Crippen LogP contribution in [0, 0.1) is 5.82 Å². The van der Waals surface area contributed by atoms with Gasteiger partial charge in [0, 0.05) is 6.26 Å². The van der Waals surface area contributed by atoms with Crippen LogP contribution in [0.15, 0.2) is 95.5 Å². The van der Waals surface area contributed by atoms with Crippen LogP contribution in [0.1, 0.15) is 11.1 Å². The molecule has 1 unspecified atom stereocenters. The molecule has 0 amide bonds. The Morgan fingerprint density at radius 3 is 1.88 bits per heavy atom. The van der Waals surface area contributed by atoms with Crippen molar-refractivity contribution in [2.24, 2.45) is 0 Å². The molecule has 0 fully saturated rings. The number of benzene rings is 3. The largest absolute Gasteiger partial charge is 0.432 e. The van der Waals surface area contributed by atoms with Gasteiger partial charge in [-0.3, -0.25) is 10.4 Å². The third-order valence-electron chi connectivity index (χ3n) is 5.26. The monoisotopic (exact) mass is 462 g/mol. The molecule has 4 rings (SSSR count). The van der Waals surface area contributed by atoms with E-state index in [4.69, 9.17) is 0 Å². The van der Waals surface area contributed by atoms with Crippen molar-refractivity contribution >= 4 is 15.5 Å². The standard InChI is InChI=1S/C23H18F4N2O2S/c1-32(30,31)20-13-9-17(10-14-20)22(16-7-11-18(24)12-8-16)15-21(23(25,26)27)28-29(22)19-5-3-2-4-6-19/h2-15,28H,1H3. The third-order valence-corrected chi connectivity index (χ3v) is 6.39. The molecule has 0 aromatic heterocycles. The van der Waals surface area contributed by atoms with Gasteiger partial charge in [-0.1, -0.05) is 42.5 Å². The van der Waals surface area contributed by atoms with Crippen LogP contribution in [-0.2, 0) is 15.4 Å². The molecule has 1 aliphatic rings. The third kappa shape index (κ3) is 3.84. The Bertz CT molecular complexity index is 1260. The van der Waals surface area contributed by atoms with Gasteiger partial charge in [0.2, 0.25) is 0 Å². The second-order valence-corrected chi connectivity index (χ2v) is 9.42. The zero-order chi connectivity index (χ0) is 23.1. The fraction of sp³-hybridized carbons (Fsp3) is 0.130. The molecule has 3 aromatic rings. The van der Waals surface area contributed by atoms with E-state index in [1.807, 2.05) is 0 Å². The van der Waals surface area contributed by atoms with Crippen LogP contribution in [0.2, 0.25) is 0 Å². The molecule has 3 aromatic carbocycles. The van der Waals surface area contributed by atoms with E-state index in [1.165, 1.54) is 53.5 Å². The van der Waals surface area contributed by atoms with Crippen molar-refractivity contribution in [3.8, 4) is 0 Å². The molecule has 1 N–H and O–H groups in total. The minimum atomic E-state index is -4.68. The molecule has 0 radical (unpaired) electrons. The van der Waals surface area contributed by atoms with Gasteiger partial charge in [-0.15, -0.1) is 0 Å². The molecule has 32 heavy (non-hydrogen) atoms. The second-order valence-electron chi connectivity index (χ2n) is 7.41. The number of allylic oxidation sites excluding steroid dienone is 1. The van der Waals surface area contributed by atoms with Gasteiger partial charge < -0.3 is 0 Å². The number of anilines is 1. The van der Waals surface area contributed by atoms with E-state index in [0.717, 1.165) is 12.3 Å². The molecule has 0 saturated heterocycles. The molecule has 0 spiro atoms. The van der Waals surface area contributed by atoms with Gasteiger partial charge in [0.05, 0.1) is 10.6 Å². The Balaban J connectivity index is 2.02. The first-order valence-corrected chi connectivity index (χ1v) is 11.4. The SMILES string of the molecule is CS(=O)(=O)c1ccc(C2(c3ccc(F)cc3)C=C(C(F)(F)F)NN2c2ccccc2)cc1. The molecule has 4 nitrogen and oxygen atoms in total. The van der Waals surface area contributed by atoms with E-state index < -0.39 is 33.1 Å². The van der Waals surface area contributed by atoms with Crippen molar-refractivity contribution in [1.29, 1.82) is 0 Å². The lowest BCUT2D eigenvalue weighted by Gasteiger charge is -2.40. The van der Waals surface area contributed by atoms with E-state index in [9.17, 15) is 26.0 Å². The maximum Gasteiger partial charge on any atom is 0.432 e. The summed E-state index contributed by atoms with van der Waals surface area (Å²) in [5, 5.41) is 1.35. The van der Waals surface area contributed by atoms with E-state index in [2.05, 4.69) is 5.43 Å². The fourth-order valence-corrected chi connectivity index (χ4v) is 4.39. The van der Waals surface area contributed by atoms with Crippen LogP contribution in [-0.4, -0.2) is 20.8 Å². The molecule has 9 heteroatoms. The number of hydrogen-bond acceptors (Lipinski definition) is 4. The molecule has 0 saturated carbocycles. The van der Waals surface area contributed by atoms with Gasteiger partial charge in [0.25, 0.3) is 0 Å². The van der Waals surface area contributed by atoms with Gasteiger partial charge in [-0.2, -0.15) is 13.2 Å². The molecule has 166 valence electrons. The first-order chi connectivity index (χ1) is 15.0. The number of alkyl halides is 3. The lowest BCUT2D eigenvalue weighted by molar-refractivity contribution is -0.0958. The van der Waals surface area contributed by atoms with Crippen LogP contribution in [0.5, 0.6) is 0 Å². The minimum absolute atomic E-state index is 0.0350. The second kappa shape index (κ2) is 7.67. The summed E-state index contributed by atoms with van der Waals surface area (Å²) >= 11 is 0. The highest BCUT2D eigenvalue weighted by Gasteiger charge is 2.50. The van der Waals surface area contributed by atoms with Crippen LogP contribution in [0.3, 0.4) is 0 Å². The summed E-state index contributed by atoms with van der Waals surface area (Å²) in [5.74, 6) is -0.534. The Hall–Kier alpha value is -3.33. The van der Waals surface area contributed by atoms with Crippen molar-refractivity contribution in [3.05, 3.63) is 108 Å². The van der Waals surface area contributed by atoms with E-state index in [-0.39, 0.29) is 4.90 Å². The number of hydrazine groups is 1. The van der Waals surface area contributed by atoms with Gasteiger partial charge in [-0.05, 0) is 53.6 Å². The van der Waals surface area contributed by atoms with Crippen LogP contribution < -0.4 is 10.4 Å². The van der Waals surface area contributed by atoms with E-state index >= 15 is 0 Å². The molecule has 1 heterocycles. The summed E-state index contributed by atoms with van der Waals surface area (Å²) < 4.78 is 78.9. The average molecular weight is 462 g/mol. The van der Waals surface area contributed by atoms with Gasteiger partial charge in [0.15, 0.2) is 9.84 Å². The lowest BCUT2D eigenvalue weighted by atomic mass is 9.81. The number of sulfone groups is 1. The van der Waals surface area contributed by atoms with Crippen LogP contribution >= 0.6 is 0 Å². The van der Waals surface area contributed by atoms with Gasteiger partial charge >= 0.3 is 6.18 Å². The zero-order valence-electron chi connectivity index (χ0n) is 16.8. The highest BCUT2D eigenvalue weighted by atomic mass is 32.2. The number of halogens is 4. The maximum absolute atomic E-state index is 13.8. The van der Waals surface area contributed by atoms with Gasteiger partial charge in [0.1, 0.15) is 17.1 Å². The maximum atomic E-state index is 13.8. The van der Waals surface area contributed by atoms with Crippen molar-refractivity contribution in [2.75, 3.05) is 11.3 Å². The van der Waals surface area contributed by atoms with Crippen molar-refractivity contribution in [2.45, 2.75) is 16.6 Å². The summed E-state index contributed by atoms with van der Waals surface area (Å²) in [6, 6.07) is 19.2. The summed E-state index contributed by atoms with van der Waals surface area (Å²) in [4.78, 5) is 0.0350.